The molecule has 0 spiro atoms. The topological polar surface area (TPSA) is 81.2 Å². The van der Waals surface area contributed by atoms with Crippen LogP contribution in [0.1, 0.15) is 20.8 Å². The van der Waals surface area contributed by atoms with Crippen molar-refractivity contribution in [3.8, 4) is 6.01 Å². The van der Waals surface area contributed by atoms with Crippen LogP contribution in [0.5, 0.6) is 6.01 Å². The van der Waals surface area contributed by atoms with E-state index >= 15 is 0 Å². The normalized spacial score (nSPS) is 11.2. The number of hydrogen-bond acceptors (Lipinski definition) is 7. The van der Waals surface area contributed by atoms with Crippen molar-refractivity contribution in [2.45, 2.75) is 26.4 Å². The minimum absolute atomic E-state index is 0.293. The maximum atomic E-state index is 5.31. The molecule has 0 bridgehead atoms. The Hall–Kier alpha value is -1.63. The van der Waals surface area contributed by atoms with Crippen LogP contribution in [0, 0.1) is 0 Å². The molecule has 1 rings (SSSR count). The second-order valence-electron chi connectivity index (χ2n) is 4.27. The molecule has 0 amide bonds. The van der Waals surface area contributed by atoms with Crippen molar-refractivity contribution in [1.82, 2.24) is 15.0 Å². The number of anilines is 2. The first-order chi connectivity index (χ1) is 8.50. The minimum atomic E-state index is -0.293. The van der Waals surface area contributed by atoms with Crippen molar-refractivity contribution >= 4 is 11.9 Å². The van der Waals surface area contributed by atoms with Gasteiger partial charge < -0.3 is 20.1 Å². The van der Waals surface area contributed by atoms with Crippen LogP contribution in [0.2, 0.25) is 0 Å². The van der Waals surface area contributed by atoms with Crippen molar-refractivity contribution in [2.24, 2.45) is 0 Å². The lowest BCUT2D eigenvalue weighted by molar-refractivity contribution is 0.0342. The van der Waals surface area contributed by atoms with E-state index in [4.69, 9.17) is 9.47 Å². The first kappa shape index (κ1) is 14.4. The van der Waals surface area contributed by atoms with Gasteiger partial charge in [0.2, 0.25) is 11.9 Å². The number of ether oxygens (including phenoxy) is 2. The van der Waals surface area contributed by atoms with Gasteiger partial charge in [0.05, 0.1) is 12.2 Å². The molecule has 1 aromatic rings. The van der Waals surface area contributed by atoms with E-state index in [0.717, 1.165) is 0 Å². The smallest absolute Gasteiger partial charge is 0.323 e. The third-order valence-electron chi connectivity index (χ3n) is 2.34. The van der Waals surface area contributed by atoms with Crippen LogP contribution >= 0.6 is 0 Å². The second kappa shape index (κ2) is 6.34. The Morgan fingerprint density at radius 2 is 1.83 bits per heavy atom. The van der Waals surface area contributed by atoms with Crippen LogP contribution in [-0.2, 0) is 4.74 Å². The molecule has 0 aromatic carbocycles. The average molecular weight is 255 g/mol. The summed E-state index contributed by atoms with van der Waals surface area (Å²) in [5.41, 5.74) is -0.293. The molecule has 2 N–H and O–H groups in total. The summed E-state index contributed by atoms with van der Waals surface area (Å²) in [5, 5.41) is 5.97. The molecular weight excluding hydrogens is 234 g/mol. The monoisotopic (exact) mass is 255 g/mol. The summed E-state index contributed by atoms with van der Waals surface area (Å²) in [7, 11) is 3.41. The molecule has 0 atom stereocenters. The molecule has 102 valence electrons. The Balaban J connectivity index is 2.78. The lowest BCUT2D eigenvalue weighted by Crippen LogP contribution is -2.32. The van der Waals surface area contributed by atoms with Gasteiger partial charge in [0.15, 0.2) is 0 Å². The molecule has 0 aliphatic rings. The molecule has 0 aliphatic heterocycles. The molecule has 0 saturated heterocycles. The Morgan fingerprint density at radius 3 is 2.39 bits per heavy atom. The van der Waals surface area contributed by atoms with Gasteiger partial charge in [-0.25, -0.2) is 0 Å². The van der Waals surface area contributed by atoms with Crippen molar-refractivity contribution in [3.63, 3.8) is 0 Å². The van der Waals surface area contributed by atoms with Crippen LogP contribution in [0.25, 0.3) is 0 Å². The molecule has 18 heavy (non-hydrogen) atoms. The fraction of sp³-hybridized carbons (Fsp3) is 0.727. The van der Waals surface area contributed by atoms with E-state index in [1.807, 2.05) is 20.8 Å². The molecule has 0 fully saturated rings. The van der Waals surface area contributed by atoms with Gasteiger partial charge in [-0.2, -0.15) is 15.0 Å². The first-order valence-electron chi connectivity index (χ1n) is 5.86. The zero-order chi connectivity index (χ0) is 13.6. The third kappa shape index (κ3) is 4.33. The van der Waals surface area contributed by atoms with Crippen molar-refractivity contribution in [3.05, 3.63) is 0 Å². The number of nitrogens with one attached hydrogen (secondary N) is 2. The molecule has 7 heteroatoms. The second-order valence-corrected chi connectivity index (χ2v) is 4.27. The molecule has 1 heterocycles. The van der Waals surface area contributed by atoms with Crippen molar-refractivity contribution < 1.29 is 9.47 Å². The number of methoxy groups -OCH3 is 1. The van der Waals surface area contributed by atoms with E-state index in [-0.39, 0.29) is 5.60 Å². The molecule has 0 unspecified atom stereocenters. The lowest BCUT2D eigenvalue weighted by atomic mass is 10.1. The number of aromatic nitrogens is 3. The maximum absolute atomic E-state index is 5.31. The van der Waals surface area contributed by atoms with E-state index in [9.17, 15) is 0 Å². The zero-order valence-electron chi connectivity index (χ0n) is 11.6. The summed E-state index contributed by atoms with van der Waals surface area (Å²) in [4.78, 5) is 12.4. The Labute approximate surface area is 107 Å². The van der Waals surface area contributed by atoms with Crippen LogP contribution in [0.4, 0.5) is 11.9 Å². The maximum Gasteiger partial charge on any atom is 0.323 e. The Kier molecular flexibility index (Phi) is 5.08. The molecular formula is C11H21N5O2. The highest BCUT2D eigenvalue weighted by molar-refractivity contribution is 5.35. The fourth-order valence-corrected chi connectivity index (χ4v) is 1.11. The van der Waals surface area contributed by atoms with Gasteiger partial charge in [0.25, 0.3) is 0 Å². The van der Waals surface area contributed by atoms with E-state index in [2.05, 4.69) is 25.6 Å². The number of nitrogens with zero attached hydrogens (tertiary/aromatic N) is 3. The number of hydrogen-bond donors (Lipinski definition) is 2. The van der Waals surface area contributed by atoms with Crippen molar-refractivity contribution in [1.29, 1.82) is 0 Å². The third-order valence-corrected chi connectivity index (χ3v) is 2.34. The van der Waals surface area contributed by atoms with Gasteiger partial charge in [0, 0.05) is 20.7 Å². The van der Waals surface area contributed by atoms with E-state index in [1.54, 1.807) is 14.2 Å². The van der Waals surface area contributed by atoms with Crippen LogP contribution in [0.3, 0.4) is 0 Å². The quantitative estimate of drug-likeness (QED) is 0.756. The van der Waals surface area contributed by atoms with Gasteiger partial charge in [-0.15, -0.1) is 0 Å². The van der Waals surface area contributed by atoms with E-state index < -0.39 is 0 Å². The van der Waals surface area contributed by atoms with Gasteiger partial charge in [-0.3, -0.25) is 0 Å². The van der Waals surface area contributed by atoms with Gasteiger partial charge in [0.1, 0.15) is 0 Å². The molecule has 0 radical (unpaired) electrons. The van der Waals surface area contributed by atoms with Crippen LogP contribution in [-0.4, -0.2) is 47.9 Å². The van der Waals surface area contributed by atoms with Crippen LogP contribution < -0.4 is 15.4 Å². The molecule has 0 aliphatic carbocycles. The first-order valence-corrected chi connectivity index (χ1v) is 5.86. The van der Waals surface area contributed by atoms with E-state index in [0.29, 0.717) is 31.1 Å². The molecule has 0 saturated carbocycles. The van der Waals surface area contributed by atoms with Gasteiger partial charge >= 0.3 is 6.01 Å². The standard InChI is InChI=1S/C11H21N5O2/c1-6-18-10-15-8(12-4)14-9(16-10)13-7-11(2,3)17-5/h6-7H2,1-5H3,(H2,12,13,14,15,16). The summed E-state index contributed by atoms with van der Waals surface area (Å²) < 4.78 is 10.6. The van der Waals surface area contributed by atoms with Gasteiger partial charge in [-0.05, 0) is 20.8 Å². The highest BCUT2D eigenvalue weighted by Crippen LogP contribution is 2.13. The zero-order valence-corrected chi connectivity index (χ0v) is 11.6. The predicted octanol–water partition coefficient (Wildman–Crippen LogP) is 1.15. The number of rotatable bonds is 7. The SMILES string of the molecule is CCOc1nc(NC)nc(NCC(C)(C)OC)n1. The Bertz CT molecular complexity index is 384. The summed E-state index contributed by atoms with van der Waals surface area (Å²) in [6, 6.07) is 0.301. The van der Waals surface area contributed by atoms with Crippen LogP contribution in [0.15, 0.2) is 0 Å². The molecule has 1 aromatic heterocycles. The summed E-state index contributed by atoms with van der Waals surface area (Å²) >= 11 is 0. The van der Waals surface area contributed by atoms with E-state index in [1.165, 1.54) is 0 Å². The van der Waals surface area contributed by atoms with Gasteiger partial charge in [-0.1, -0.05) is 0 Å². The Morgan fingerprint density at radius 1 is 1.17 bits per heavy atom. The predicted molar refractivity (Wildman–Crippen MR) is 70.1 cm³/mol. The average Bonchev–Trinajstić information content (AvgIpc) is 2.37. The fourth-order valence-electron chi connectivity index (χ4n) is 1.11. The highest BCUT2D eigenvalue weighted by atomic mass is 16.5. The summed E-state index contributed by atoms with van der Waals surface area (Å²) in [5.74, 6) is 0.925. The lowest BCUT2D eigenvalue weighted by Gasteiger charge is -2.23. The minimum Gasteiger partial charge on any atom is -0.464 e. The largest absolute Gasteiger partial charge is 0.464 e. The highest BCUT2D eigenvalue weighted by Gasteiger charge is 2.17. The summed E-state index contributed by atoms with van der Waals surface area (Å²) in [6.07, 6.45) is 0. The summed E-state index contributed by atoms with van der Waals surface area (Å²) in [6.45, 7) is 6.93. The van der Waals surface area contributed by atoms with Crippen molar-refractivity contribution in [2.75, 3.05) is 37.9 Å². The molecule has 7 nitrogen and oxygen atoms in total.